The van der Waals surface area contributed by atoms with E-state index in [4.69, 9.17) is 17.3 Å². The van der Waals surface area contributed by atoms with Crippen LogP contribution in [-0.2, 0) is 12.6 Å². The zero-order valence-electron chi connectivity index (χ0n) is 20.7. The van der Waals surface area contributed by atoms with Crippen LogP contribution in [0.2, 0.25) is 5.02 Å². The number of amidine groups is 1. The van der Waals surface area contributed by atoms with Gasteiger partial charge in [-0.1, -0.05) is 11.6 Å². The van der Waals surface area contributed by atoms with E-state index in [1.54, 1.807) is 6.07 Å². The summed E-state index contributed by atoms with van der Waals surface area (Å²) in [4.78, 5) is 27.9. The molecule has 0 saturated heterocycles. The third-order valence-corrected chi connectivity index (χ3v) is 7.41. The molecule has 8 nitrogen and oxygen atoms in total. The van der Waals surface area contributed by atoms with Crippen LogP contribution in [0, 0.1) is 11.6 Å². The van der Waals surface area contributed by atoms with Crippen LogP contribution in [0.1, 0.15) is 50.6 Å². The molecule has 0 aliphatic carbocycles. The number of hydrogen-bond donors (Lipinski definition) is 3. The molecule has 6 rings (SSSR count). The summed E-state index contributed by atoms with van der Waals surface area (Å²) in [5.41, 5.74) is 6.54. The SMILES string of the molecule is NC1=NN=C(c2cc(NC(=O)c3cc(F)cc(C(F)(F)F)c3)c3c4c2CCN4C(=O)N[C@@H]3c2cc(F)ccc2Cl)C1. The Hall–Kier alpha value is -4.52. The van der Waals surface area contributed by atoms with Crippen LogP contribution in [0.15, 0.2) is 52.7 Å². The molecule has 3 aromatic carbocycles. The minimum atomic E-state index is -4.89. The van der Waals surface area contributed by atoms with Crippen molar-refractivity contribution >= 4 is 46.5 Å². The molecule has 0 saturated carbocycles. The van der Waals surface area contributed by atoms with Crippen LogP contribution in [-0.4, -0.2) is 30.0 Å². The van der Waals surface area contributed by atoms with Gasteiger partial charge in [0.25, 0.3) is 5.91 Å². The Morgan fingerprint density at radius 1 is 1.10 bits per heavy atom. The van der Waals surface area contributed by atoms with Gasteiger partial charge in [0.15, 0.2) is 0 Å². The van der Waals surface area contributed by atoms with Crippen LogP contribution in [0.4, 0.5) is 38.1 Å². The fourth-order valence-corrected chi connectivity index (χ4v) is 5.54. The molecule has 3 aromatic rings. The maximum Gasteiger partial charge on any atom is 0.416 e. The van der Waals surface area contributed by atoms with Gasteiger partial charge in [0.05, 0.1) is 29.4 Å². The highest BCUT2D eigenvalue weighted by molar-refractivity contribution is 6.31. The number of carbonyl (C=O) groups excluding carboxylic acids is 2. The molecular weight excluding hydrogens is 571 g/mol. The Morgan fingerprint density at radius 3 is 2.59 bits per heavy atom. The number of alkyl halides is 3. The quantitative estimate of drug-likeness (QED) is 0.348. The minimum Gasteiger partial charge on any atom is -0.385 e. The lowest BCUT2D eigenvalue weighted by atomic mass is 9.87. The molecule has 0 aromatic heterocycles. The second kappa shape index (κ2) is 9.54. The number of benzene rings is 3. The number of hydrogen-bond acceptors (Lipinski definition) is 5. The van der Waals surface area contributed by atoms with E-state index >= 15 is 0 Å². The molecule has 3 amide bonds. The molecule has 0 unspecified atom stereocenters. The summed E-state index contributed by atoms with van der Waals surface area (Å²) in [6, 6.07) is 5.08. The molecule has 210 valence electrons. The molecule has 0 fully saturated rings. The molecule has 0 radical (unpaired) electrons. The van der Waals surface area contributed by atoms with Crippen molar-refractivity contribution in [2.75, 3.05) is 16.8 Å². The number of nitrogens with one attached hydrogen (secondary N) is 2. The monoisotopic (exact) mass is 588 g/mol. The molecule has 3 aliphatic rings. The van der Waals surface area contributed by atoms with E-state index < -0.39 is 46.9 Å². The van der Waals surface area contributed by atoms with Crippen molar-refractivity contribution in [3.8, 4) is 0 Å². The normalized spacial score (nSPS) is 17.7. The highest BCUT2D eigenvalue weighted by Gasteiger charge is 2.41. The topological polar surface area (TPSA) is 112 Å². The third-order valence-electron chi connectivity index (χ3n) is 7.07. The molecule has 14 heteroatoms. The first-order valence-electron chi connectivity index (χ1n) is 12.2. The summed E-state index contributed by atoms with van der Waals surface area (Å²) in [7, 11) is 0. The summed E-state index contributed by atoms with van der Waals surface area (Å²) >= 11 is 6.40. The minimum absolute atomic E-state index is 0.0620. The van der Waals surface area contributed by atoms with Crippen molar-refractivity contribution < 1.29 is 31.5 Å². The van der Waals surface area contributed by atoms with Gasteiger partial charge in [-0.3, -0.25) is 9.69 Å². The number of carbonyl (C=O) groups is 2. The predicted molar refractivity (Wildman–Crippen MR) is 141 cm³/mol. The fraction of sp³-hybridized carbons (Fsp3) is 0.185. The number of amides is 3. The Balaban J connectivity index is 1.54. The molecule has 0 bridgehead atoms. The van der Waals surface area contributed by atoms with Gasteiger partial charge in [0.2, 0.25) is 0 Å². The van der Waals surface area contributed by atoms with E-state index in [1.165, 1.54) is 11.0 Å². The highest BCUT2D eigenvalue weighted by Crippen LogP contribution is 2.48. The summed E-state index contributed by atoms with van der Waals surface area (Å²) in [5.74, 6) is -2.69. The van der Waals surface area contributed by atoms with Gasteiger partial charge in [-0.15, -0.1) is 5.10 Å². The van der Waals surface area contributed by atoms with E-state index in [-0.39, 0.29) is 41.1 Å². The van der Waals surface area contributed by atoms with Crippen LogP contribution >= 0.6 is 11.6 Å². The molecule has 0 spiro atoms. The Morgan fingerprint density at radius 2 is 1.88 bits per heavy atom. The average Bonchev–Trinajstić information content (AvgIpc) is 3.55. The van der Waals surface area contributed by atoms with Crippen LogP contribution in [0.25, 0.3) is 0 Å². The lowest BCUT2D eigenvalue weighted by Gasteiger charge is -2.35. The zero-order chi connectivity index (χ0) is 29.2. The molecular formula is C27H18ClF5N6O2. The highest BCUT2D eigenvalue weighted by atomic mass is 35.5. The number of urea groups is 1. The number of rotatable bonds is 4. The zero-order valence-corrected chi connectivity index (χ0v) is 21.5. The second-order valence-electron chi connectivity index (χ2n) is 9.66. The first-order chi connectivity index (χ1) is 19.4. The van der Waals surface area contributed by atoms with Gasteiger partial charge in [0, 0.05) is 39.5 Å². The van der Waals surface area contributed by atoms with Gasteiger partial charge in [-0.25, -0.2) is 13.6 Å². The number of anilines is 2. The summed E-state index contributed by atoms with van der Waals surface area (Å²) in [6.07, 6.45) is -4.31. The fourth-order valence-electron chi connectivity index (χ4n) is 5.32. The maximum absolute atomic E-state index is 14.3. The van der Waals surface area contributed by atoms with E-state index in [9.17, 15) is 31.5 Å². The molecule has 1 atom stereocenters. The smallest absolute Gasteiger partial charge is 0.385 e. The Labute approximate surface area is 233 Å². The summed E-state index contributed by atoms with van der Waals surface area (Å²) in [6.45, 7) is 0.268. The Kier molecular flexibility index (Phi) is 6.21. The molecule has 3 heterocycles. The van der Waals surface area contributed by atoms with E-state index in [2.05, 4.69) is 20.8 Å². The largest absolute Gasteiger partial charge is 0.416 e. The van der Waals surface area contributed by atoms with Crippen LogP contribution < -0.4 is 21.3 Å². The van der Waals surface area contributed by atoms with Crippen LogP contribution in [0.5, 0.6) is 0 Å². The van der Waals surface area contributed by atoms with E-state index in [0.29, 0.717) is 46.6 Å². The van der Waals surface area contributed by atoms with Gasteiger partial charge in [-0.2, -0.15) is 18.3 Å². The number of nitrogens with two attached hydrogens (primary N) is 1. The van der Waals surface area contributed by atoms with E-state index in [0.717, 1.165) is 12.1 Å². The first kappa shape index (κ1) is 26.7. The second-order valence-corrected chi connectivity index (χ2v) is 10.1. The first-order valence-corrected chi connectivity index (χ1v) is 12.6. The van der Waals surface area contributed by atoms with Crippen molar-refractivity contribution in [2.24, 2.45) is 15.9 Å². The lowest BCUT2D eigenvalue weighted by molar-refractivity contribution is -0.137. The van der Waals surface area contributed by atoms with Crippen molar-refractivity contribution in [1.82, 2.24) is 5.32 Å². The van der Waals surface area contributed by atoms with Gasteiger partial charge in [0.1, 0.15) is 17.5 Å². The standard InChI is InChI=1S/C27H18ClF5N6O2/c28-18-2-1-13(29)8-17(18)23-22-20(35-25(40)11-5-12(27(31,32)33)7-14(30)6-11)9-16(19-10-21(34)38-37-19)15-3-4-39(24(15)22)26(41)36-23/h1-2,5-9,23H,3-4,10H2,(H2,34,38)(H,35,40)(H,36,41)/t23-/m1/s1. The molecule has 41 heavy (non-hydrogen) atoms. The predicted octanol–water partition coefficient (Wildman–Crippen LogP) is 5.53. The van der Waals surface area contributed by atoms with Crippen LogP contribution in [0.3, 0.4) is 0 Å². The van der Waals surface area contributed by atoms with Gasteiger partial charge >= 0.3 is 12.2 Å². The molecule has 4 N–H and O–H groups in total. The van der Waals surface area contributed by atoms with E-state index in [1.807, 2.05) is 0 Å². The maximum atomic E-state index is 14.3. The molecule has 3 aliphatic heterocycles. The van der Waals surface area contributed by atoms with Crippen molar-refractivity contribution in [3.63, 3.8) is 0 Å². The average molecular weight is 589 g/mol. The van der Waals surface area contributed by atoms with Crippen molar-refractivity contribution in [3.05, 3.63) is 92.5 Å². The lowest BCUT2D eigenvalue weighted by Crippen LogP contribution is -2.46. The Bertz CT molecular complexity index is 1720. The number of nitrogens with zero attached hydrogens (tertiary/aromatic N) is 3. The summed E-state index contributed by atoms with van der Waals surface area (Å²) in [5, 5.41) is 13.5. The summed E-state index contributed by atoms with van der Waals surface area (Å²) < 4.78 is 68.5. The van der Waals surface area contributed by atoms with Gasteiger partial charge < -0.3 is 16.4 Å². The van der Waals surface area contributed by atoms with Gasteiger partial charge in [-0.05, 0) is 54.4 Å². The van der Waals surface area contributed by atoms with Crippen molar-refractivity contribution in [2.45, 2.75) is 25.1 Å². The van der Waals surface area contributed by atoms with Crippen molar-refractivity contribution in [1.29, 1.82) is 0 Å². The number of halogens is 6. The third kappa shape index (κ3) is 4.65.